The van der Waals surface area contributed by atoms with E-state index in [0.29, 0.717) is 12.1 Å². The first-order chi connectivity index (χ1) is 7.83. The monoisotopic (exact) mass is 217 g/mol. The highest BCUT2D eigenvalue weighted by atomic mass is 16.2. The topological polar surface area (TPSA) is 37.4 Å². The zero-order valence-corrected chi connectivity index (χ0v) is 9.13. The minimum Gasteiger partial charge on any atom is -0.329 e. The highest BCUT2D eigenvalue weighted by Gasteiger charge is 2.26. The van der Waals surface area contributed by atoms with Crippen molar-refractivity contribution >= 4 is 12.2 Å². The minimum absolute atomic E-state index is 0.0302. The van der Waals surface area contributed by atoms with Crippen LogP contribution in [0.3, 0.4) is 0 Å². The molecule has 0 unspecified atom stereocenters. The van der Waals surface area contributed by atoms with Crippen LogP contribution in [-0.2, 0) is 4.79 Å². The molecule has 0 aromatic heterocycles. The molecule has 3 nitrogen and oxygen atoms in total. The lowest BCUT2D eigenvalue weighted by molar-refractivity contribution is -0.112. The molecule has 84 valence electrons. The molecule has 0 N–H and O–H groups in total. The molecule has 16 heavy (non-hydrogen) atoms. The third kappa shape index (κ3) is 2.13. The first-order valence-corrected chi connectivity index (χ1v) is 5.64. The number of hydrogen-bond acceptors (Lipinski definition) is 2. The van der Waals surface area contributed by atoms with Crippen LogP contribution in [0.2, 0.25) is 0 Å². The molecule has 1 atom stereocenters. The van der Waals surface area contributed by atoms with Crippen LogP contribution in [0.15, 0.2) is 30.3 Å². The number of aldehydes is 1. The number of hydrogen-bond donors (Lipinski definition) is 0. The molecule has 1 fully saturated rings. The van der Waals surface area contributed by atoms with Crippen molar-refractivity contribution < 1.29 is 9.59 Å². The summed E-state index contributed by atoms with van der Waals surface area (Å²) in [6.45, 7) is 0.692. The summed E-state index contributed by atoms with van der Waals surface area (Å²) in [5, 5.41) is 0. The Labute approximate surface area is 95.1 Å². The fraction of sp³-hybridized carbons (Fsp3) is 0.385. The number of carbonyl (C=O) groups excluding carboxylic acids is 2. The quantitative estimate of drug-likeness (QED) is 0.709. The number of benzene rings is 1. The van der Waals surface area contributed by atoms with Gasteiger partial charge in [-0.2, -0.15) is 0 Å². The predicted octanol–water partition coefficient (Wildman–Crippen LogP) is 1.88. The van der Waals surface area contributed by atoms with E-state index in [4.69, 9.17) is 0 Å². The Morgan fingerprint density at radius 2 is 2.00 bits per heavy atom. The van der Waals surface area contributed by atoms with Crippen LogP contribution in [0.4, 0.5) is 0 Å². The van der Waals surface area contributed by atoms with Gasteiger partial charge in [-0.1, -0.05) is 18.2 Å². The standard InChI is InChI=1S/C13H15NO2/c15-10-12-8-4-5-9-14(12)13(16)11-6-2-1-3-7-11/h1-3,6-7,10,12H,4-5,8-9H2/t12-/m0/s1. The summed E-state index contributed by atoms with van der Waals surface area (Å²) in [5.41, 5.74) is 0.663. The van der Waals surface area contributed by atoms with Gasteiger partial charge < -0.3 is 9.69 Å². The van der Waals surface area contributed by atoms with E-state index in [2.05, 4.69) is 0 Å². The van der Waals surface area contributed by atoms with Crippen LogP contribution < -0.4 is 0 Å². The third-order valence-corrected chi connectivity index (χ3v) is 2.99. The second-order valence-corrected chi connectivity index (χ2v) is 4.06. The fourth-order valence-corrected chi connectivity index (χ4v) is 2.10. The van der Waals surface area contributed by atoms with Crippen molar-refractivity contribution in [3.63, 3.8) is 0 Å². The number of carbonyl (C=O) groups is 2. The molecule has 1 saturated heterocycles. The van der Waals surface area contributed by atoms with Crippen molar-refractivity contribution in [1.82, 2.24) is 4.90 Å². The molecule has 0 spiro atoms. The Hall–Kier alpha value is -1.64. The maximum absolute atomic E-state index is 12.1. The smallest absolute Gasteiger partial charge is 0.254 e. The summed E-state index contributed by atoms with van der Waals surface area (Å²) in [4.78, 5) is 24.7. The van der Waals surface area contributed by atoms with E-state index in [0.717, 1.165) is 25.5 Å². The Balaban J connectivity index is 2.17. The molecule has 0 saturated carbocycles. The van der Waals surface area contributed by atoms with Crippen molar-refractivity contribution in [3.05, 3.63) is 35.9 Å². The first-order valence-electron chi connectivity index (χ1n) is 5.64. The summed E-state index contributed by atoms with van der Waals surface area (Å²) in [6, 6.07) is 8.91. The van der Waals surface area contributed by atoms with Gasteiger partial charge >= 0.3 is 0 Å². The zero-order valence-electron chi connectivity index (χ0n) is 9.13. The minimum atomic E-state index is -0.235. The van der Waals surface area contributed by atoms with Gasteiger partial charge in [0.15, 0.2) is 0 Å². The van der Waals surface area contributed by atoms with Crippen molar-refractivity contribution in [2.24, 2.45) is 0 Å². The molecule has 2 rings (SSSR count). The summed E-state index contributed by atoms with van der Waals surface area (Å²) in [6.07, 6.45) is 3.70. The van der Waals surface area contributed by atoms with E-state index in [1.54, 1.807) is 17.0 Å². The maximum atomic E-state index is 12.1. The predicted molar refractivity (Wildman–Crippen MR) is 61.2 cm³/mol. The van der Waals surface area contributed by atoms with Crippen LogP contribution in [0.25, 0.3) is 0 Å². The van der Waals surface area contributed by atoms with Gasteiger partial charge in [-0.3, -0.25) is 4.79 Å². The largest absolute Gasteiger partial charge is 0.329 e. The number of likely N-dealkylation sites (tertiary alicyclic amines) is 1. The highest BCUT2D eigenvalue weighted by molar-refractivity contribution is 5.95. The Bertz CT molecular complexity index is 375. The van der Waals surface area contributed by atoms with Crippen molar-refractivity contribution in [2.45, 2.75) is 25.3 Å². The lowest BCUT2D eigenvalue weighted by atomic mass is 10.0. The zero-order chi connectivity index (χ0) is 11.4. The summed E-state index contributed by atoms with van der Waals surface area (Å²) in [5.74, 6) is -0.0302. The second-order valence-electron chi connectivity index (χ2n) is 4.06. The average Bonchev–Trinajstić information content (AvgIpc) is 2.39. The van der Waals surface area contributed by atoms with E-state index in [-0.39, 0.29) is 11.9 Å². The fourth-order valence-electron chi connectivity index (χ4n) is 2.10. The van der Waals surface area contributed by atoms with Gasteiger partial charge in [-0.15, -0.1) is 0 Å². The van der Waals surface area contributed by atoms with E-state index in [1.165, 1.54) is 0 Å². The van der Waals surface area contributed by atoms with Gasteiger partial charge in [-0.05, 0) is 31.4 Å². The molecular formula is C13H15NO2. The second kappa shape index (κ2) is 4.92. The van der Waals surface area contributed by atoms with Gasteiger partial charge in [0, 0.05) is 12.1 Å². The molecule has 1 aromatic carbocycles. The normalized spacial score (nSPS) is 20.5. The SMILES string of the molecule is O=C[C@@H]1CCCCN1C(=O)c1ccccc1. The van der Waals surface area contributed by atoms with Gasteiger partial charge in [0.05, 0.1) is 6.04 Å². The van der Waals surface area contributed by atoms with E-state index in [9.17, 15) is 9.59 Å². The van der Waals surface area contributed by atoms with Gasteiger partial charge in [0.25, 0.3) is 5.91 Å². The summed E-state index contributed by atoms with van der Waals surface area (Å²) < 4.78 is 0. The molecule has 1 heterocycles. The lowest BCUT2D eigenvalue weighted by Gasteiger charge is -2.32. The van der Waals surface area contributed by atoms with Crippen LogP contribution in [0, 0.1) is 0 Å². The van der Waals surface area contributed by atoms with E-state index < -0.39 is 0 Å². The van der Waals surface area contributed by atoms with Crippen LogP contribution in [-0.4, -0.2) is 29.7 Å². The molecule has 1 aromatic rings. The van der Waals surface area contributed by atoms with Gasteiger partial charge in [0.1, 0.15) is 6.29 Å². The van der Waals surface area contributed by atoms with Gasteiger partial charge in [0.2, 0.25) is 0 Å². The Morgan fingerprint density at radius 3 is 2.69 bits per heavy atom. The molecule has 0 bridgehead atoms. The molecule has 1 aliphatic rings. The Morgan fingerprint density at radius 1 is 1.25 bits per heavy atom. The van der Waals surface area contributed by atoms with E-state index >= 15 is 0 Å². The van der Waals surface area contributed by atoms with E-state index in [1.807, 2.05) is 18.2 Å². The third-order valence-electron chi connectivity index (χ3n) is 2.99. The molecular weight excluding hydrogens is 202 g/mol. The molecule has 3 heteroatoms. The number of rotatable bonds is 2. The summed E-state index contributed by atoms with van der Waals surface area (Å²) in [7, 11) is 0. The number of amides is 1. The first kappa shape index (κ1) is 10.9. The lowest BCUT2D eigenvalue weighted by Crippen LogP contribution is -2.44. The maximum Gasteiger partial charge on any atom is 0.254 e. The van der Waals surface area contributed by atoms with Crippen LogP contribution in [0.1, 0.15) is 29.6 Å². The number of piperidine rings is 1. The Kier molecular flexibility index (Phi) is 3.34. The molecule has 0 aliphatic carbocycles. The van der Waals surface area contributed by atoms with Crippen LogP contribution in [0.5, 0.6) is 0 Å². The average molecular weight is 217 g/mol. The van der Waals surface area contributed by atoms with Gasteiger partial charge in [-0.25, -0.2) is 0 Å². The molecule has 1 amide bonds. The number of nitrogens with zero attached hydrogens (tertiary/aromatic N) is 1. The van der Waals surface area contributed by atoms with Crippen LogP contribution >= 0.6 is 0 Å². The van der Waals surface area contributed by atoms with Crippen molar-refractivity contribution in [1.29, 1.82) is 0 Å². The highest BCUT2D eigenvalue weighted by Crippen LogP contribution is 2.18. The molecule has 1 aliphatic heterocycles. The van der Waals surface area contributed by atoms with Crippen molar-refractivity contribution in [2.75, 3.05) is 6.54 Å². The van der Waals surface area contributed by atoms with Crippen molar-refractivity contribution in [3.8, 4) is 0 Å². The summed E-state index contributed by atoms with van der Waals surface area (Å²) >= 11 is 0. The molecule has 0 radical (unpaired) electrons.